The van der Waals surface area contributed by atoms with E-state index in [2.05, 4.69) is 25.2 Å². The maximum absolute atomic E-state index is 6.39. The maximum atomic E-state index is 6.39. The van der Waals surface area contributed by atoms with E-state index in [0.29, 0.717) is 5.41 Å². The average molecular weight is 266 g/mol. The van der Waals surface area contributed by atoms with Crippen molar-refractivity contribution < 1.29 is 4.74 Å². The van der Waals surface area contributed by atoms with Crippen LogP contribution in [0.2, 0.25) is 5.02 Å². The molecule has 2 heterocycles. The van der Waals surface area contributed by atoms with Crippen LogP contribution in [-0.4, -0.2) is 19.7 Å². The van der Waals surface area contributed by atoms with E-state index in [1.54, 1.807) is 0 Å². The number of halogens is 1. The summed E-state index contributed by atoms with van der Waals surface area (Å²) in [7, 11) is 0. The van der Waals surface area contributed by atoms with Gasteiger partial charge < -0.3 is 10.1 Å². The van der Waals surface area contributed by atoms with Crippen LogP contribution in [0, 0.1) is 19.3 Å². The minimum absolute atomic E-state index is 0.384. The molecule has 2 aliphatic heterocycles. The van der Waals surface area contributed by atoms with Crippen LogP contribution in [0.1, 0.15) is 29.5 Å². The third-order valence-corrected chi connectivity index (χ3v) is 5.13. The fraction of sp³-hybridized carbons (Fsp3) is 0.600. The van der Waals surface area contributed by atoms with Crippen molar-refractivity contribution in [3.05, 3.63) is 27.8 Å². The first-order valence-electron chi connectivity index (χ1n) is 6.73. The summed E-state index contributed by atoms with van der Waals surface area (Å²) < 4.78 is 5.97. The first kappa shape index (κ1) is 12.3. The van der Waals surface area contributed by atoms with Gasteiger partial charge in [-0.2, -0.15) is 0 Å². The van der Waals surface area contributed by atoms with E-state index in [1.807, 2.05) is 0 Å². The second kappa shape index (κ2) is 4.43. The second-order valence-corrected chi connectivity index (χ2v) is 6.19. The molecule has 98 valence electrons. The maximum Gasteiger partial charge on any atom is 0.123 e. The molecule has 0 saturated carbocycles. The van der Waals surface area contributed by atoms with Crippen LogP contribution >= 0.6 is 11.6 Å². The van der Waals surface area contributed by atoms with Gasteiger partial charge in [0.15, 0.2) is 0 Å². The number of benzene rings is 1. The van der Waals surface area contributed by atoms with Crippen LogP contribution in [0.5, 0.6) is 5.75 Å². The van der Waals surface area contributed by atoms with Gasteiger partial charge in [-0.05, 0) is 67.8 Å². The molecule has 0 amide bonds. The van der Waals surface area contributed by atoms with E-state index in [1.165, 1.54) is 17.5 Å². The van der Waals surface area contributed by atoms with Crippen molar-refractivity contribution in [2.45, 2.75) is 33.1 Å². The minimum atomic E-state index is 0.384. The van der Waals surface area contributed by atoms with Gasteiger partial charge in [0.1, 0.15) is 5.75 Å². The third-order valence-electron chi connectivity index (χ3n) is 4.55. The highest BCUT2D eigenvalue weighted by Gasteiger charge is 2.37. The fourth-order valence-corrected chi connectivity index (χ4v) is 3.48. The van der Waals surface area contributed by atoms with Crippen molar-refractivity contribution in [2.75, 3.05) is 19.7 Å². The highest BCUT2D eigenvalue weighted by Crippen LogP contribution is 2.42. The van der Waals surface area contributed by atoms with Crippen molar-refractivity contribution in [3.8, 4) is 5.75 Å². The zero-order chi connectivity index (χ0) is 12.8. The van der Waals surface area contributed by atoms with E-state index < -0.39 is 0 Å². The van der Waals surface area contributed by atoms with Crippen LogP contribution < -0.4 is 10.1 Å². The van der Waals surface area contributed by atoms with Gasteiger partial charge in [-0.15, -0.1) is 0 Å². The average Bonchev–Trinajstić information content (AvgIpc) is 2.72. The summed E-state index contributed by atoms with van der Waals surface area (Å²) in [5.41, 5.74) is 4.04. The van der Waals surface area contributed by atoms with Crippen LogP contribution in [0.25, 0.3) is 0 Å². The monoisotopic (exact) mass is 265 g/mol. The quantitative estimate of drug-likeness (QED) is 0.777. The Morgan fingerprint density at radius 1 is 1.33 bits per heavy atom. The van der Waals surface area contributed by atoms with Crippen molar-refractivity contribution in [1.82, 2.24) is 5.32 Å². The van der Waals surface area contributed by atoms with Gasteiger partial charge in [-0.1, -0.05) is 11.6 Å². The summed E-state index contributed by atoms with van der Waals surface area (Å²) >= 11 is 6.39. The Morgan fingerprint density at radius 2 is 2.17 bits per heavy atom. The molecule has 0 radical (unpaired) electrons. The normalized spacial score (nSPS) is 26.8. The van der Waals surface area contributed by atoms with E-state index in [9.17, 15) is 0 Å². The summed E-state index contributed by atoms with van der Waals surface area (Å²) in [5, 5.41) is 4.40. The standard InChI is InChI=1S/C15H20ClNO/c1-10-7-13-12(11(2)14(10)16)8-15(4-6-18-13)3-5-17-9-15/h7,17H,3-6,8-9H2,1-2H3. The predicted octanol–water partition coefficient (Wildman–Crippen LogP) is 3.26. The molecule has 1 atom stereocenters. The number of hydrogen-bond donors (Lipinski definition) is 1. The lowest BCUT2D eigenvalue weighted by molar-refractivity contribution is 0.232. The van der Waals surface area contributed by atoms with Gasteiger partial charge >= 0.3 is 0 Å². The largest absolute Gasteiger partial charge is 0.493 e. The molecule has 1 N–H and O–H groups in total. The Balaban J connectivity index is 2.06. The van der Waals surface area contributed by atoms with Crippen molar-refractivity contribution >= 4 is 11.6 Å². The number of ether oxygens (including phenoxy) is 1. The molecular formula is C15H20ClNO. The van der Waals surface area contributed by atoms with E-state index in [0.717, 1.165) is 48.9 Å². The lowest BCUT2D eigenvalue weighted by atomic mass is 9.77. The number of aryl methyl sites for hydroxylation is 1. The van der Waals surface area contributed by atoms with Crippen LogP contribution in [0.4, 0.5) is 0 Å². The highest BCUT2D eigenvalue weighted by atomic mass is 35.5. The summed E-state index contributed by atoms with van der Waals surface area (Å²) in [5.74, 6) is 1.05. The molecule has 0 aliphatic carbocycles. The van der Waals surface area contributed by atoms with Crippen molar-refractivity contribution in [3.63, 3.8) is 0 Å². The van der Waals surface area contributed by atoms with Gasteiger partial charge in [0.25, 0.3) is 0 Å². The Labute approximate surface area is 114 Å². The smallest absolute Gasteiger partial charge is 0.123 e. The SMILES string of the molecule is Cc1cc2c(c(C)c1Cl)CC1(CCNC1)CCO2. The van der Waals surface area contributed by atoms with E-state index in [4.69, 9.17) is 16.3 Å². The molecule has 1 aromatic rings. The molecule has 1 aromatic carbocycles. The minimum Gasteiger partial charge on any atom is -0.493 e. The van der Waals surface area contributed by atoms with Crippen molar-refractivity contribution in [2.24, 2.45) is 5.41 Å². The van der Waals surface area contributed by atoms with Crippen LogP contribution in [0.15, 0.2) is 6.07 Å². The van der Waals surface area contributed by atoms with Gasteiger partial charge in [0.05, 0.1) is 6.61 Å². The summed E-state index contributed by atoms with van der Waals surface area (Å²) in [6.45, 7) is 7.25. The van der Waals surface area contributed by atoms with E-state index in [-0.39, 0.29) is 0 Å². The van der Waals surface area contributed by atoms with E-state index >= 15 is 0 Å². The van der Waals surface area contributed by atoms with Gasteiger partial charge in [0, 0.05) is 11.6 Å². The molecule has 1 spiro atoms. The Kier molecular flexibility index (Phi) is 3.03. The van der Waals surface area contributed by atoms with Crippen LogP contribution in [-0.2, 0) is 6.42 Å². The Bertz CT molecular complexity index is 478. The van der Waals surface area contributed by atoms with Crippen LogP contribution in [0.3, 0.4) is 0 Å². The second-order valence-electron chi connectivity index (χ2n) is 5.81. The summed E-state index contributed by atoms with van der Waals surface area (Å²) in [6.07, 6.45) is 3.49. The molecule has 1 unspecified atom stereocenters. The zero-order valence-corrected chi connectivity index (χ0v) is 11.9. The topological polar surface area (TPSA) is 21.3 Å². The summed E-state index contributed by atoms with van der Waals surface area (Å²) in [6, 6.07) is 2.10. The van der Waals surface area contributed by atoms with Gasteiger partial charge in [-0.25, -0.2) is 0 Å². The first-order chi connectivity index (χ1) is 8.61. The predicted molar refractivity (Wildman–Crippen MR) is 74.7 cm³/mol. The number of rotatable bonds is 0. The molecule has 1 saturated heterocycles. The van der Waals surface area contributed by atoms with Gasteiger partial charge in [-0.3, -0.25) is 0 Å². The molecule has 3 rings (SSSR count). The molecule has 3 heteroatoms. The third kappa shape index (κ3) is 1.92. The fourth-order valence-electron chi connectivity index (χ4n) is 3.31. The highest BCUT2D eigenvalue weighted by molar-refractivity contribution is 6.32. The zero-order valence-electron chi connectivity index (χ0n) is 11.1. The molecule has 0 bridgehead atoms. The lowest BCUT2D eigenvalue weighted by Gasteiger charge is -2.26. The van der Waals surface area contributed by atoms with Crippen molar-refractivity contribution in [1.29, 1.82) is 0 Å². The lowest BCUT2D eigenvalue weighted by Crippen LogP contribution is -2.27. The molecule has 2 nitrogen and oxygen atoms in total. The Hall–Kier alpha value is -0.730. The molecule has 0 aromatic heterocycles. The van der Waals surface area contributed by atoms with Gasteiger partial charge in [0.2, 0.25) is 0 Å². The molecule has 1 fully saturated rings. The number of hydrogen-bond acceptors (Lipinski definition) is 2. The number of nitrogens with one attached hydrogen (secondary N) is 1. The molecule has 2 aliphatic rings. The first-order valence-corrected chi connectivity index (χ1v) is 7.11. The Morgan fingerprint density at radius 3 is 2.89 bits per heavy atom. The summed E-state index contributed by atoms with van der Waals surface area (Å²) in [4.78, 5) is 0. The molecule has 18 heavy (non-hydrogen) atoms. The molecular weight excluding hydrogens is 246 g/mol. The number of fused-ring (bicyclic) bond motifs is 1.